The molecule has 0 radical (unpaired) electrons. The van der Waals surface area contributed by atoms with Crippen LogP contribution in [0.3, 0.4) is 0 Å². The van der Waals surface area contributed by atoms with E-state index in [0.717, 1.165) is 50.3 Å². The molecule has 0 aromatic heterocycles. The fourth-order valence-corrected chi connectivity index (χ4v) is 2.75. The summed E-state index contributed by atoms with van der Waals surface area (Å²) in [6.45, 7) is 8.89. The van der Waals surface area contributed by atoms with E-state index >= 15 is 0 Å². The van der Waals surface area contributed by atoms with Crippen LogP contribution in [-0.2, 0) is 9.59 Å². The Bertz CT molecular complexity index is 523. The molecule has 2 rings (SSSR count). The molecule has 0 spiro atoms. The highest BCUT2D eigenvalue weighted by molar-refractivity contribution is 5.93. The molecular formula is C17H25N3O2. The van der Waals surface area contributed by atoms with Crippen molar-refractivity contribution in [1.29, 1.82) is 0 Å². The Morgan fingerprint density at radius 2 is 1.86 bits per heavy atom. The maximum atomic E-state index is 12.2. The molecule has 5 nitrogen and oxygen atoms in total. The zero-order valence-corrected chi connectivity index (χ0v) is 13.5. The summed E-state index contributed by atoms with van der Waals surface area (Å²) in [5.41, 5.74) is 3.18. The molecule has 1 aromatic carbocycles. The largest absolute Gasteiger partial charge is 0.325 e. The average molecular weight is 303 g/mol. The van der Waals surface area contributed by atoms with Crippen LogP contribution in [-0.4, -0.2) is 61.3 Å². The first-order valence-electron chi connectivity index (χ1n) is 7.84. The second kappa shape index (κ2) is 8.06. The van der Waals surface area contributed by atoms with Crippen molar-refractivity contribution in [3.8, 4) is 0 Å². The minimum Gasteiger partial charge on any atom is -0.325 e. The van der Waals surface area contributed by atoms with E-state index in [9.17, 15) is 9.59 Å². The molecular weight excluding hydrogens is 278 g/mol. The van der Waals surface area contributed by atoms with Gasteiger partial charge in [0.25, 0.3) is 0 Å². The Labute approximate surface area is 132 Å². The van der Waals surface area contributed by atoms with Crippen LogP contribution < -0.4 is 5.32 Å². The summed E-state index contributed by atoms with van der Waals surface area (Å²) in [5, 5.41) is 2.99. The van der Waals surface area contributed by atoms with Gasteiger partial charge in [-0.05, 0) is 25.5 Å². The zero-order chi connectivity index (χ0) is 15.9. The number of aldehydes is 1. The van der Waals surface area contributed by atoms with Crippen molar-refractivity contribution < 1.29 is 9.59 Å². The highest BCUT2D eigenvalue weighted by Gasteiger charge is 2.18. The number of hydrogen-bond donors (Lipinski definition) is 1. The summed E-state index contributed by atoms with van der Waals surface area (Å²) in [6, 6.07) is 6.04. The number of carbonyl (C=O) groups is 2. The third-order valence-corrected chi connectivity index (χ3v) is 4.05. The molecule has 1 saturated heterocycles. The van der Waals surface area contributed by atoms with E-state index in [4.69, 9.17) is 0 Å². The van der Waals surface area contributed by atoms with Crippen molar-refractivity contribution in [2.24, 2.45) is 0 Å². The Kier molecular flexibility index (Phi) is 6.10. The molecule has 0 atom stereocenters. The van der Waals surface area contributed by atoms with Crippen molar-refractivity contribution in [3.63, 3.8) is 0 Å². The molecule has 1 aliphatic rings. The van der Waals surface area contributed by atoms with E-state index in [1.165, 1.54) is 5.56 Å². The van der Waals surface area contributed by atoms with E-state index in [2.05, 4.69) is 21.2 Å². The van der Waals surface area contributed by atoms with Crippen LogP contribution in [0.5, 0.6) is 0 Å². The number of piperazine rings is 1. The number of anilines is 1. The van der Waals surface area contributed by atoms with Crippen LogP contribution >= 0.6 is 0 Å². The number of nitrogens with one attached hydrogen (secondary N) is 1. The van der Waals surface area contributed by atoms with E-state index in [1.807, 2.05) is 26.0 Å². The third kappa shape index (κ3) is 4.93. The van der Waals surface area contributed by atoms with Crippen LogP contribution in [0.15, 0.2) is 18.2 Å². The van der Waals surface area contributed by atoms with E-state index in [1.54, 1.807) is 0 Å². The number of amides is 1. The fraction of sp³-hybridized carbons (Fsp3) is 0.529. The molecule has 1 heterocycles. The van der Waals surface area contributed by atoms with Crippen molar-refractivity contribution in [2.45, 2.75) is 20.3 Å². The number of hydrogen-bond acceptors (Lipinski definition) is 4. The Morgan fingerprint density at radius 3 is 2.50 bits per heavy atom. The lowest BCUT2D eigenvalue weighted by Gasteiger charge is -2.33. The molecule has 120 valence electrons. The maximum Gasteiger partial charge on any atom is 0.238 e. The molecule has 0 aliphatic carbocycles. The van der Waals surface area contributed by atoms with Gasteiger partial charge in [-0.2, -0.15) is 0 Å². The monoisotopic (exact) mass is 303 g/mol. The van der Waals surface area contributed by atoms with E-state index < -0.39 is 0 Å². The molecule has 1 aromatic rings. The molecule has 0 saturated carbocycles. The molecule has 1 N–H and O–H groups in total. The molecule has 22 heavy (non-hydrogen) atoms. The highest BCUT2D eigenvalue weighted by atomic mass is 16.2. The lowest BCUT2D eigenvalue weighted by molar-refractivity contribution is -0.117. The summed E-state index contributed by atoms with van der Waals surface area (Å²) in [7, 11) is 0. The lowest BCUT2D eigenvalue weighted by atomic mass is 10.1. The average Bonchev–Trinajstić information content (AvgIpc) is 2.49. The minimum absolute atomic E-state index is 0.0355. The predicted molar refractivity (Wildman–Crippen MR) is 88.1 cm³/mol. The summed E-state index contributed by atoms with van der Waals surface area (Å²) in [4.78, 5) is 27.0. The number of rotatable bonds is 6. The van der Waals surface area contributed by atoms with Gasteiger partial charge in [0.1, 0.15) is 6.29 Å². The Balaban J connectivity index is 1.77. The standard InChI is InChI=1S/C17H25N3O2/c1-14-4-5-16(15(2)12-14)18-17(22)13-20-9-7-19(8-10-20)6-3-11-21/h4-5,11-12H,3,6-10,13H2,1-2H3,(H,18,22). The summed E-state index contributed by atoms with van der Waals surface area (Å²) < 4.78 is 0. The predicted octanol–water partition coefficient (Wildman–Crippen LogP) is 1.45. The van der Waals surface area contributed by atoms with Gasteiger partial charge in [0.2, 0.25) is 5.91 Å². The first kappa shape index (κ1) is 16.6. The number of benzene rings is 1. The quantitative estimate of drug-likeness (QED) is 0.808. The highest BCUT2D eigenvalue weighted by Crippen LogP contribution is 2.16. The van der Waals surface area contributed by atoms with Crippen LogP contribution in [0.1, 0.15) is 17.5 Å². The fourth-order valence-electron chi connectivity index (χ4n) is 2.75. The van der Waals surface area contributed by atoms with Gasteiger partial charge >= 0.3 is 0 Å². The van der Waals surface area contributed by atoms with Gasteiger partial charge in [0.15, 0.2) is 0 Å². The summed E-state index contributed by atoms with van der Waals surface area (Å²) in [5.74, 6) is 0.0355. The van der Waals surface area contributed by atoms with Crippen molar-refractivity contribution in [1.82, 2.24) is 9.80 Å². The Hall–Kier alpha value is -1.72. The van der Waals surface area contributed by atoms with Crippen molar-refractivity contribution >= 4 is 17.9 Å². The number of aryl methyl sites for hydroxylation is 2. The topological polar surface area (TPSA) is 52.7 Å². The number of nitrogens with zero attached hydrogens (tertiary/aromatic N) is 2. The van der Waals surface area contributed by atoms with Gasteiger partial charge in [-0.1, -0.05) is 17.7 Å². The van der Waals surface area contributed by atoms with Crippen molar-refractivity contribution in [2.75, 3.05) is 44.6 Å². The van der Waals surface area contributed by atoms with Crippen LogP contribution in [0, 0.1) is 13.8 Å². The third-order valence-electron chi connectivity index (χ3n) is 4.05. The summed E-state index contributed by atoms with van der Waals surface area (Å²) in [6.07, 6.45) is 1.55. The Morgan fingerprint density at radius 1 is 1.18 bits per heavy atom. The van der Waals surface area contributed by atoms with Gasteiger partial charge in [-0.25, -0.2) is 0 Å². The van der Waals surface area contributed by atoms with Crippen LogP contribution in [0.2, 0.25) is 0 Å². The first-order chi connectivity index (χ1) is 10.6. The van der Waals surface area contributed by atoms with Gasteiger partial charge < -0.3 is 15.0 Å². The number of carbonyl (C=O) groups excluding carboxylic acids is 2. The maximum absolute atomic E-state index is 12.2. The van der Waals surface area contributed by atoms with Gasteiger partial charge in [0, 0.05) is 44.8 Å². The minimum atomic E-state index is 0.0355. The molecule has 1 aliphatic heterocycles. The first-order valence-corrected chi connectivity index (χ1v) is 7.84. The van der Waals surface area contributed by atoms with Gasteiger partial charge in [-0.15, -0.1) is 0 Å². The molecule has 0 unspecified atom stereocenters. The van der Waals surface area contributed by atoms with Crippen LogP contribution in [0.4, 0.5) is 5.69 Å². The molecule has 1 amide bonds. The summed E-state index contributed by atoms with van der Waals surface area (Å²) >= 11 is 0. The second-order valence-corrected chi connectivity index (χ2v) is 5.94. The second-order valence-electron chi connectivity index (χ2n) is 5.94. The molecule has 5 heteroatoms. The van der Waals surface area contributed by atoms with Crippen LogP contribution in [0.25, 0.3) is 0 Å². The molecule has 1 fully saturated rings. The lowest BCUT2D eigenvalue weighted by Crippen LogP contribution is -2.48. The van der Waals surface area contributed by atoms with Gasteiger partial charge in [-0.3, -0.25) is 9.69 Å². The molecule has 0 bridgehead atoms. The van der Waals surface area contributed by atoms with Gasteiger partial charge in [0.05, 0.1) is 6.54 Å². The van der Waals surface area contributed by atoms with E-state index in [0.29, 0.717) is 13.0 Å². The smallest absolute Gasteiger partial charge is 0.238 e. The zero-order valence-electron chi connectivity index (χ0n) is 13.5. The SMILES string of the molecule is Cc1ccc(NC(=O)CN2CCN(CCC=O)CC2)c(C)c1. The van der Waals surface area contributed by atoms with E-state index in [-0.39, 0.29) is 5.91 Å². The normalized spacial score (nSPS) is 16.5. The van der Waals surface area contributed by atoms with Crippen molar-refractivity contribution in [3.05, 3.63) is 29.3 Å².